The molecule has 7 aromatic carbocycles. The summed E-state index contributed by atoms with van der Waals surface area (Å²) in [6, 6.07) is 58.2. The van der Waals surface area contributed by atoms with Crippen LogP contribution in [0.4, 0.5) is 17.1 Å². The van der Waals surface area contributed by atoms with E-state index in [1.54, 1.807) is 5.19 Å². The lowest BCUT2D eigenvalue weighted by molar-refractivity contribution is 1.18. The summed E-state index contributed by atoms with van der Waals surface area (Å²) in [6.07, 6.45) is 0. The molecule has 1 aliphatic heterocycles. The summed E-state index contributed by atoms with van der Waals surface area (Å²) < 4.78 is 5.20. The zero-order chi connectivity index (χ0) is 32.0. The predicted octanol–water partition coefficient (Wildman–Crippen LogP) is 11.4. The molecular formula is C44H32N2SSi. The third-order valence-electron chi connectivity index (χ3n) is 10.4. The smallest absolute Gasteiger partial charge is 0.114 e. The topological polar surface area (TPSA) is 8.17 Å². The summed E-state index contributed by atoms with van der Waals surface area (Å²) in [5.74, 6) is 0. The van der Waals surface area contributed by atoms with Crippen molar-refractivity contribution in [3.63, 3.8) is 0 Å². The number of thiophene rings is 1. The quantitative estimate of drug-likeness (QED) is 0.172. The normalized spacial score (nSPS) is 13.4. The van der Waals surface area contributed by atoms with Crippen LogP contribution in [0.2, 0.25) is 13.1 Å². The summed E-state index contributed by atoms with van der Waals surface area (Å²) in [7, 11) is -1.99. The highest BCUT2D eigenvalue weighted by atomic mass is 32.1. The molecule has 0 bridgehead atoms. The Balaban J connectivity index is 1.23. The number of hydrogen-bond donors (Lipinski definition) is 0. The molecule has 0 aliphatic carbocycles. The second-order valence-electron chi connectivity index (χ2n) is 13.3. The van der Waals surface area contributed by atoms with Crippen LogP contribution in [0.15, 0.2) is 158 Å². The maximum absolute atomic E-state index is 2.53. The molecule has 10 rings (SSSR count). The first-order chi connectivity index (χ1) is 23.6. The van der Waals surface area contributed by atoms with Gasteiger partial charge in [0.1, 0.15) is 8.07 Å². The SMILES string of the molecule is C[Si]1(C)c2cc(N(c3ccccc3)c3cccc4c3c3ccccc3n4-c3ccccc3)ccc2-c2c1ccc1c2sc2ccccc21. The van der Waals surface area contributed by atoms with Gasteiger partial charge in [0.25, 0.3) is 0 Å². The van der Waals surface area contributed by atoms with Crippen LogP contribution in [0.1, 0.15) is 0 Å². The van der Waals surface area contributed by atoms with Crippen LogP contribution >= 0.6 is 11.3 Å². The van der Waals surface area contributed by atoms with E-state index >= 15 is 0 Å². The van der Waals surface area contributed by atoms with Gasteiger partial charge in [0.05, 0.1) is 16.7 Å². The van der Waals surface area contributed by atoms with Gasteiger partial charge in [-0.25, -0.2) is 0 Å². The first-order valence-corrected chi connectivity index (χ1v) is 20.4. The van der Waals surface area contributed by atoms with E-state index in [-0.39, 0.29) is 0 Å². The van der Waals surface area contributed by atoms with Crippen molar-refractivity contribution in [2.75, 3.05) is 4.90 Å². The molecule has 0 spiro atoms. The first-order valence-electron chi connectivity index (χ1n) is 16.6. The van der Waals surface area contributed by atoms with Crippen LogP contribution in [0.3, 0.4) is 0 Å². The lowest BCUT2D eigenvalue weighted by atomic mass is 10.0. The number of fused-ring (bicyclic) bond motifs is 10. The van der Waals surface area contributed by atoms with E-state index in [4.69, 9.17) is 0 Å². The average molecular weight is 649 g/mol. The Kier molecular flexibility index (Phi) is 5.93. The number of benzene rings is 7. The van der Waals surface area contributed by atoms with Gasteiger partial charge < -0.3 is 9.47 Å². The Bertz CT molecular complexity index is 2700. The molecule has 0 saturated heterocycles. The van der Waals surface area contributed by atoms with Gasteiger partial charge in [-0.2, -0.15) is 0 Å². The molecule has 3 heterocycles. The van der Waals surface area contributed by atoms with Crippen LogP contribution in [0.5, 0.6) is 0 Å². The fraction of sp³-hybridized carbons (Fsp3) is 0.0455. The van der Waals surface area contributed by atoms with Crippen molar-refractivity contribution in [1.29, 1.82) is 0 Å². The van der Waals surface area contributed by atoms with E-state index in [0.717, 1.165) is 5.69 Å². The van der Waals surface area contributed by atoms with Crippen molar-refractivity contribution in [1.82, 2.24) is 4.57 Å². The number of nitrogens with zero attached hydrogens (tertiary/aromatic N) is 2. The molecule has 2 aromatic heterocycles. The Hall–Kier alpha value is -5.42. The Morgan fingerprint density at radius 3 is 2.08 bits per heavy atom. The summed E-state index contributed by atoms with van der Waals surface area (Å²) in [4.78, 5) is 2.48. The molecule has 0 amide bonds. The van der Waals surface area contributed by atoms with Gasteiger partial charge in [-0.15, -0.1) is 11.3 Å². The van der Waals surface area contributed by atoms with Gasteiger partial charge in [-0.3, -0.25) is 0 Å². The van der Waals surface area contributed by atoms with E-state index in [9.17, 15) is 0 Å². The Morgan fingerprint density at radius 2 is 1.25 bits per heavy atom. The summed E-state index contributed by atoms with van der Waals surface area (Å²) in [5.41, 5.74) is 10.0. The van der Waals surface area contributed by atoms with Crippen molar-refractivity contribution in [3.8, 4) is 16.8 Å². The number of rotatable bonds is 4. The van der Waals surface area contributed by atoms with Gasteiger partial charge in [-0.1, -0.05) is 110 Å². The molecule has 0 radical (unpaired) electrons. The first kappa shape index (κ1) is 27.7. The molecule has 0 N–H and O–H groups in total. The molecule has 0 saturated carbocycles. The summed E-state index contributed by atoms with van der Waals surface area (Å²) in [5, 5.41) is 8.32. The van der Waals surface area contributed by atoms with Crippen molar-refractivity contribution < 1.29 is 0 Å². The van der Waals surface area contributed by atoms with Gasteiger partial charge in [0, 0.05) is 48.0 Å². The minimum atomic E-state index is -1.99. The van der Waals surface area contributed by atoms with Crippen LogP contribution in [-0.4, -0.2) is 12.6 Å². The van der Waals surface area contributed by atoms with Crippen molar-refractivity contribution in [2.24, 2.45) is 0 Å². The minimum Gasteiger partial charge on any atom is -0.310 e. The maximum atomic E-state index is 2.53. The average Bonchev–Trinajstić information content (AvgIpc) is 3.75. The second kappa shape index (κ2) is 10.3. The standard InChI is InChI=1S/C44H32N2SSi/c1-48(2)40-27-26-33-32-18-10-12-23-39(32)47-44(33)43(40)35-25-24-31(28-41(35)48)45(29-14-5-3-6-15-29)37-21-13-22-38-42(37)34-19-9-11-20-36(34)46(38)30-16-7-4-8-17-30/h3-28H,1-2H3. The zero-order valence-corrected chi connectivity index (χ0v) is 28.6. The van der Waals surface area contributed by atoms with Gasteiger partial charge >= 0.3 is 0 Å². The Labute approximate surface area is 284 Å². The van der Waals surface area contributed by atoms with E-state index in [2.05, 4.69) is 180 Å². The molecule has 0 atom stereocenters. The second-order valence-corrected chi connectivity index (χ2v) is 18.7. The molecular weight excluding hydrogens is 617 g/mol. The highest BCUT2D eigenvalue weighted by Crippen LogP contribution is 2.46. The molecule has 0 fully saturated rings. The lowest BCUT2D eigenvalue weighted by Crippen LogP contribution is -2.49. The maximum Gasteiger partial charge on any atom is 0.114 e. The van der Waals surface area contributed by atoms with Gasteiger partial charge in [0.15, 0.2) is 0 Å². The van der Waals surface area contributed by atoms with Crippen LogP contribution in [0.25, 0.3) is 58.8 Å². The van der Waals surface area contributed by atoms with E-state index in [0.29, 0.717) is 0 Å². The van der Waals surface area contributed by atoms with Crippen LogP contribution < -0.4 is 15.3 Å². The molecule has 2 nitrogen and oxygen atoms in total. The van der Waals surface area contributed by atoms with E-state index in [1.807, 2.05) is 11.3 Å². The van der Waals surface area contributed by atoms with Gasteiger partial charge in [-0.05, 0) is 82.2 Å². The molecule has 1 aliphatic rings. The summed E-state index contributed by atoms with van der Waals surface area (Å²) in [6.45, 7) is 5.06. The summed E-state index contributed by atoms with van der Waals surface area (Å²) >= 11 is 1.95. The largest absolute Gasteiger partial charge is 0.310 e. The zero-order valence-electron chi connectivity index (χ0n) is 26.8. The molecule has 9 aromatic rings. The molecule has 0 unspecified atom stereocenters. The molecule has 48 heavy (non-hydrogen) atoms. The van der Waals surface area contributed by atoms with E-state index < -0.39 is 8.07 Å². The highest BCUT2D eigenvalue weighted by molar-refractivity contribution is 7.26. The highest BCUT2D eigenvalue weighted by Gasteiger charge is 2.39. The van der Waals surface area contributed by atoms with Gasteiger partial charge in [0.2, 0.25) is 0 Å². The van der Waals surface area contributed by atoms with Crippen LogP contribution in [0, 0.1) is 0 Å². The molecule has 4 heteroatoms. The van der Waals surface area contributed by atoms with Crippen molar-refractivity contribution in [2.45, 2.75) is 13.1 Å². The lowest BCUT2D eigenvalue weighted by Gasteiger charge is -2.28. The van der Waals surface area contributed by atoms with Crippen molar-refractivity contribution in [3.05, 3.63) is 158 Å². The minimum absolute atomic E-state index is 1.16. The monoisotopic (exact) mass is 648 g/mol. The number of para-hydroxylation sites is 3. The Morgan fingerprint density at radius 1 is 0.542 bits per heavy atom. The predicted molar refractivity (Wildman–Crippen MR) is 211 cm³/mol. The third-order valence-corrected chi connectivity index (χ3v) is 15.1. The van der Waals surface area contributed by atoms with E-state index in [1.165, 1.54) is 75.4 Å². The third kappa shape index (κ3) is 3.84. The van der Waals surface area contributed by atoms with Crippen LogP contribution in [-0.2, 0) is 0 Å². The fourth-order valence-electron chi connectivity index (χ4n) is 8.17. The fourth-order valence-corrected chi connectivity index (χ4v) is 12.6. The molecule has 228 valence electrons. The number of hydrogen-bond acceptors (Lipinski definition) is 2. The number of aromatic nitrogens is 1. The van der Waals surface area contributed by atoms with Crippen molar-refractivity contribution >= 4 is 88.8 Å². The number of anilines is 3.